The Kier molecular flexibility index (Phi) is 55.5. The van der Waals surface area contributed by atoms with E-state index in [0.29, 0.717) is 19.4 Å². The first-order valence-electron chi connectivity index (χ1n) is 30.1. The maximum absolute atomic E-state index is 12.4. The van der Waals surface area contributed by atoms with Crippen LogP contribution in [0.2, 0.25) is 0 Å². The van der Waals surface area contributed by atoms with Crippen LogP contribution in [0, 0.1) is 0 Å². The zero-order valence-electron chi connectivity index (χ0n) is 45.1. The molecule has 1 amide bonds. The van der Waals surface area contributed by atoms with Gasteiger partial charge in [-0.25, -0.2) is 0 Å². The Bertz CT molecular complexity index is 1040. The number of amides is 1. The summed E-state index contributed by atoms with van der Waals surface area (Å²) in [5.74, 6) is -0.0666. The third-order valence-corrected chi connectivity index (χ3v) is 14.0. The van der Waals surface area contributed by atoms with Gasteiger partial charge in [-0.3, -0.25) is 9.59 Å². The number of hydrogen-bond acceptors (Lipinski definition) is 5. The minimum absolute atomic E-state index is 0.0100. The van der Waals surface area contributed by atoms with Gasteiger partial charge in [-0.2, -0.15) is 0 Å². The standard InChI is InChI=1S/C61H117NO5/c1-3-5-7-9-11-13-15-17-18-19-25-28-31-35-39-43-47-51-55-61(66)67-56-52-48-44-40-36-32-29-26-23-21-20-22-24-27-30-34-38-42-46-50-54-60(65)62-58(57-63)59(64)53-49-45-41-37-33-16-14-12-10-8-6-4-2/h20,22,49,53,58-59,63-64H,3-19,21,23-48,50-52,54-57H2,1-2H3,(H,62,65)/b22-20-,53-49+. The van der Waals surface area contributed by atoms with E-state index in [-0.39, 0.29) is 18.5 Å². The molecule has 6 heteroatoms. The summed E-state index contributed by atoms with van der Waals surface area (Å²) < 4.78 is 5.49. The summed E-state index contributed by atoms with van der Waals surface area (Å²) in [4.78, 5) is 24.5. The topological polar surface area (TPSA) is 95.9 Å². The lowest BCUT2D eigenvalue weighted by Gasteiger charge is -2.20. The number of nitrogens with one attached hydrogen (secondary N) is 1. The number of unbranched alkanes of at least 4 members (excludes halogenated alkanes) is 43. The van der Waals surface area contributed by atoms with Crippen molar-refractivity contribution in [2.45, 2.75) is 341 Å². The molecule has 2 atom stereocenters. The Morgan fingerprint density at radius 1 is 0.403 bits per heavy atom. The molecule has 6 nitrogen and oxygen atoms in total. The van der Waals surface area contributed by atoms with Crippen LogP contribution in [0.4, 0.5) is 0 Å². The van der Waals surface area contributed by atoms with Crippen LogP contribution in [0.3, 0.4) is 0 Å². The molecule has 0 aromatic rings. The Balaban J connectivity index is 3.41. The normalized spacial score (nSPS) is 12.7. The first kappa shape index (κ1) is 65.3. The molecular weight excluding hydrogens is 827 g/mol. The second kappa shape index (κ2) is 56.9. The van der Waals surface area contributed by atoms with Gasteiger partial charge in [-0.15, -0.1) is 0 Å². The molecule has 67 heavy (non-hydrogen) atoms. The van der Waals surface area contributed by atoms with Crippen LogP contribution >= 0.6 is 0 Å². The molecule has 0 heterocycles. The third kappa shape index (κ3) is 53.5. The van der Waals surface area contributed by atoms with Crippen LogP contribution in [0.25, 0.3) is 0 Å². The first-order chi connectivity index (χ1) is 33.0. The molecule has 0 aliphatic carbocycles. The highest BCUT2D eigenvalue weighted by atomic mass is 16.5. The largest absolute Gasteiger partial charge is 0.466 e. The Morgan fingerprint density at radius 2 is 0.701 bits per heavy atom. The van der Waals surface area contributed by atoms with Crippen LogP contribution in [0.5, 0.6) is 0 Å². The summed E-state index contributed by atoms with van der Waals surface area (Å²) in [6, 6.07) is -0.633. The van der Waals surface area contributed by atoms with Crippen molar-refractivity contribution in [1.82, 2.24) is 5.32 Å². The van der Waals surface area contributed by atoms with Crippen LogP contribution in [-0.4, -0.2) is 47.4 Å². The summed E-state index contributed by atoms with van der Waals surface area (Å²) >= 11 is 0. The van der Waals surface area contributed by atoms with Crippen molar-refractivity contribution in [3.63, 3.8) is 0 Å². The van der Waals surface area contributed by atoms with Gasteiger partial charge in [0, 0.05) is 12.8 Å². The van der Waals surface area contributed by atoms with E-state index in [9.17, 15) is 19.8 Å². The van der Waals surface area contributed by atoms with Gasteiger partial charge in [-0.05, 0) is 57.8 Å². The summed E-state index contributed by atoms with van der Waals surface area (Å²) in [5.41, 5.74) is 0. The average molecular weight is 945 g/mol. The van der Waals surface area contributed by atoms with Crippen LogP contribution < -0.4 is 5.32 Å². The van der Waals surface area contributed by atoms with Gasteiger partial charge in [0.25, 0.3) is 0 Å². The molecule has 396 valence electrons. The Morgan fingerprint density at radius 3 is 1.06 bits per heavy atom. The molecular formula is C61H117NO5. The van der Waals surface area contributed by atoms with Crippen molar-refractivity contribution in [3.05, 3.63) is 24.3 Å². The van der Waals surface area contributed by atoms with Crippen molar-refractivity contribution in [3.8, 4) is 0 Å². The fourth-order valence-electron chi connectivity index (χ4n) is 9.34. The number of aliphatic hydroxyl groups excluding tert-OH is 2. The van der Waals surface area contributed by atoms with Gasteiger partial charge in [0.2, 0.25) is 5.91 Å². The van der Waals surface area contributed by atoms with E-state index >= 15 is 0 Å². The third-order valence-electron chi connectivity index (χ3n) is 14.0. The molecule has 3 N–H and O–H groups in total. The van der Waals surface area contributed by atoms with Gasteiger partial charge >= 0.3 is 5.97 Å². The second-order valence-electron chi connectivity index (χ2n) is 20.7. The van der Waals surface area contributed by atoms with Crippen molar-refractivity contribution in [1.29, 1.82) is 0 Å². The molecule has 0 radical (unpaired) electrons. The van der Waals surface area contributed by atoms with Crippen molar-refractivity contribution < 1.29 is 24.5 Å². The highest BCUT2D eigenvalue weighted by Gasteiger charge is 2.18. The van der Waals surface area contributed by atoms with E-state index in [1.807, 2.05) is 6.08 Å². The van der Waals surface area contributed by atoms with Crippen LogP contribution in [0.15, 0.2) is 24.3 Å². The molecule has 0 fully saturated rings. The van der Waals surface area contributed by atoms with E-state index in [0.717, 1.165) is 44.9 Å². The highest BCUT2D eigenvalue weighted by Crippen LogP contribution is 2.17. The monoisotopic (exact) mass is 944 g/mol. The number of aliphatic hydroxyl groups is 2. The number of ether oxygens (including phenoxy) is 1. The lowest BCUT2D eigenvalue weighted by atomic mass is 10.0. The summed E-state index contributed by atoms with van der Waals surface area (Å²) in [7, 11) is 0. The molecule has 2 unspecified atom stereocenters. The average Bonchev–Trinajstić information content (AvgIpc) is 3.33. The molecule has 0 saturated heterocycles. The quantitative estimate of drug-likeness (QED) is 0.0321. The predicted octanol–water partition coefficient (Wildman–Crippen LogP) is 18.6. The molecule has 0 aromatic carbocycles. The smallest absolute Gasteiger partial charge is 0.305 e. The zero-order valence-corrected chi connectivity index (χ0v) is 45.1. The number of carbonyl (C=O) groups is 2. The maximum atomic E-state index is 12.4. The Hall–Kier alpha value is -1.66. The molecule has 0 saturated carbocycles. The van der Waals surface area contributed by atoms with Crippen LogP contribution in [-0.2, 0) is 14.3 Å². The lowest BCUT2D eigenvalue weighted by Crippen LogP contribution is -2.45. The number of allylic oxidation sites excluding steroid dienone is 3. The van der Waals surface area contributed by atoms with E-state index in [1.165, 1.54) is 257 Å². The summed E-state index contributed by atoms with van der Waals surface area (Å²) in [6.45, 7) is 4.90. The number of esters is 1. The minimum Gasteiger partial charge on any atom is -0.466 e. The predicted molar refractivity (Wildman–Crippen MR) is 292 cm³/mol. The fourth-order valence-corrected chi connectivity index (χ4v) is 9.34. The SMILES string of the molecule is CCCCCCCCCCCC/C=C/C(O)C(CO)NC(=O)CCCCCCCCC/C=C\CCCCCCCCCCCOC(=O)CCCCCCCCCCCCCCCCCCCC. The molecule has 0 aliphatic heterocycles. The fraction of sp³-hybridized carbons (Fsp3) is 0.902. The first-order valence-corrected chi connectivity index (χ1v) is 30.1. The molecule has 0 bridgehead atoms. The Labute approximate surface area is 418 Å². The zero-order chi connectivity index (χ0) is 48.6. The second-order valence-corrected chi connectivity index (χ2v) is 20.7. The van der Waals surface area contributed by atoms with Gasteiger partial charge in [0.05, 0.1) is 25.4 Å². The van der Waals surface area contributed by atoms with Gasteiger partial charge in [0.15, 0.2) is 0 Å². The number of rotatable bonds is 56. The van der Waals surface area contributed by atoms with Gasteiger partial charge < -0.3 is 20.3 Å². The molecule has 0 aliphatic rings. The number of hydrogen-bond donors (Lipinski definition) is 3. The van der Waals surface area contributed by atoms with E-state index < -0.39 is 12.1 Å². The maximum Gasteiger partial charge on any atom is 0.305 e. The summed E-state index contributed by atoms with van der Waals surface area (Å²) in [5, 5.41) is 23.0. The van der Waals surface area contributed by atoms with Crippen molar-refractivity contribution >= 4 is 11.9 Å². The summed E-state index contributed by atoms with van der Waals surface area (Å²) in [6.07, 6.45) is 69.3. The van der Waals surface area contributed by atoms with E-state index in [1.54, 1.807) is 6.08 Å². The van der Waals surface area contributed by atoms with Crippen molar-refractivity contribution in [2.75, 3.05) is 13.2 Å². The van der Waals surface area contributed by atoms with E-state index in [4.69, 9.17) is 4.74 Å². The lowest BCUT2D eigenvalue weighted by molar-refractivity contribution is -0.143. The van der Waals surface area contributed by atoms with Gasteiger partial charge in [0.1, 0.15) is 0 Å². The van der Waals surface area contributed by atoms with Crippen molar-refractivity contribution in [2.24, 2.45) is 0 Å². The van der Waals surface area contributed by atoms with Crippen LogP contribution in [0.1, 0.15) is 328 Å². The van der Waals surface area contributed by atoms with E-state index in [2.05, 4.69) is 31.3 Å². The highest BCUT2D eigenvalue weighted by molar-refractivity contribution is 5.76. The number of carbonyl (C=O) groups excluding carboxylic acids is 2. The minimum atomic E-state index is -0.848. The molecule has 0 rings (SSSR count). The molecule has 0 aromatic heterocycles. The van der Waals surface area contributed by atoms with Gasteiger partial charge in [-0.1, -0.05) is 282 Å². The molecule has 0 spiro atoms.